The topological polar surface area (TPSA) is 29.1 Å². The van der Waals surface area contributed by atoms with Crippen molar-refractivity contribution < 1.29 is 4.79 Å². The molecule has 2 nitrogen and oxygen atoms in total. The number of hydrogen-bond donors (Lipinski definition) is 1. The van der Waals surface area contributed by atoms with Gasteiger partial charge in [-0.15, -0.1) is 11.8 Å². The summed E-state index contributed by atoms with van der Waals surface area (Å²) in [5.74, 6) is 0.932. The number of amides is 1. The van der Waals surface area contributed by atoms with Crippen LogP contribution in [0.1, 0.15) is 16.7 Å². The van der Waals surface area contributed by atoms with E-state index in [1.807, 2.05) is 49.4 Å². The van der Waals surface area contributed by atoms with Crippen molar-refractivity contribution in [2.75, 3.05) is 5.32 Å². The summed E-state index contributed by atoms with van der Waals surface area (Å²) in [5.41, 5.74) is 4.41. The highest BCUT2D eigenvalue weighted by Gasteiger charge is 2.09. The zero-order chi connectivity index (χ0) is 16.8. The first-order valence-electron chi connectivity index (χ1n) is 7.79. The molecule has 0 fully saturated rings. The lowest BCUT2D eigenvalue weighted by Crippen LogP contribution is -2.15. The molecule has 122 valence electrons. The van der Waals surface area contributed by atoms with Crippen molar-refractivity contribution in [1.29, 1.82) is 0 Å². The minimum atomic E-state index is 0.0212. The van der Waals surface area contributed by atoms with Gasteiger partial charge in [-0.3, -0.25) is 4.79 Å². The van der Waals surface area contributed by atoms with Gasteiger partial charge in [0.05, 0.1) is 12.1 Å². The normalized spacial score (nSPS) is 10.5. The van der Waals surface area contributed by atoms with Crippen LogP contribution in [0.5, 0.6) is 0 Å². The van der Waals surface area contributed by atoms with E-state index in [-0.39, 0.29) is 5.91 Å². The average Bonchev–Trinajstić information content (AvgIpc) is 3.10. The van der Waals surface area contributed by atoms with E-state index >= 15 is 0 Å². The molecular weight excluding hydrogens is 334 g/mol. The van der Waals surface area contributed by atoms with Crippen molar-refractivity contribution in [2.24, 2.45) is 0 Å². The third kappa shape index (κ3) is 4.49. The van der Waals surface area contributed by atoms with E-state index in [1.54, 1.807) is 23.1 Å². The van der Waals surface area contributed by atoms with Crippen molar-refractivity contribution in [2.45, 2.75) is 24.0 Å². The Morgan fingerprint density at radius 3 is 2.67 bits per heavy atom. The number of nitrogens with one attached hydrogen (secondary N) is 1. The summed E-state index contributed by atoms with van der Waals surface area (Å²) < 4.78 is 0. The summed E-state index contributed by atoms with van der Waals surface area (Å²) in [6.07, 6.45) is 0.399. The highest BCUT2D eigenvalue weighted by Crippen LogP contribution is 2.30. The zero-order valence-electron chi connectivity index (χ0n) is 13.5. The highest BCUT2D eigenvalue weighted by molar-refractivity contribution is 7.98. The molecule has 1 heterocycles. The Bertz CT molecular complexity index is 812. The zero-order valence-corrected chi connectivity index (χ0v) is 15.1. The van der Waals surface area contributed by atoms with Crippen molar-refractivity contribution in [3.8, 4) is 0 Å². The van der Waals surface area contributed by atoms with E-state index in [9.17, 15) is 4.79 Å². The Hall–Kier alpha value is -2.04. The Labute approximate surface area is 150 Å². The second kappa shape index (κ2) is 8.18. The first-order valence-corrected chi connectivity index (χ1v) is 9.72. The molecule has 0 aliphatic rings. The maximum absolute atomic E-state index is 12.4. The lowest BCUT2D eigenvalue weighted by Gasteiger charge is -2.11. The van der Waals surface area contributed by atoms with Crippen LogP contribution in [0.25, 0.3) is 0 Å². The number of rotatable bonds is 6. The second-order valence-electron chi connectivity index (χ2n) is 5.57. The van der Waals surface area contributed by atoms with E-state index in [0.717, 1.165) is 27.5 Å². The number of benzene rings is 2. The van der Waals surface area contributed by atoms with Gasteiger partial charge >= 0.3 is 0 Å². The highest BCUT2D eigenvalue weighted by atomic mass is 32.2. The predicted molar refractivity (Wildman–Crippen MR) is 104 cm³/mol. The molecule has 4 heteroatoms. The van der Waals surface area contributed by atoms with E-state index in [0.29, 0.717) is 6.42 Å². The van der Waals surface area contributed by atoms with Gasteiger partial charge in [0, 0.05) is 10.6 Å². The minimum absolute atomic E-state index is 0.0212. The molecule has 0 radical (unpaired) electrons. The fourth-order valence-electron chi connectivity index (χ4n) is 2.41. The van der Waals surface area contributed by atoms with Gasteiger partial charge in [-0.2, -0.15) is 11.3 Å². The number of carbonyl (C=O) groups excluding carboxylic acids is 1. The van der Waals surface area contributed by atoms with E-state index in [4.69, 9.17) is 0 Å². The summed E-state index contributed by atoms with van der Waals surface area (Å²) in [6.45, 7) is 2.03. The molecule has 3 aromatic rings. The quantitative estimate of drug-likeness (QED) is 0.590. The molecule has 1 N–H and O–H groups in total. The van der Waals surface area contributed by atoms with Crippen molar-refractivity contribution >= 4 is 34.7 Å². The number of aryl methyl sites for hydroxylation is 1. The molecule has 3 rings (SSSR count). The number of hydrogen-bond acceptors (Lipinski definition) is 3. The molecule has 0 spiro atoms. The number of para-hydroxylation sites is 1. The maximum atomic E-state index is 12.4. The fraction of sp³-hybridized carbons (Fsp3) is 0.150. The summed E-state index contributed by atoms with van der Waals surface area (Å²) in [4.78, 5) is 13.5. The van der Waals surface area contributed by atoms with Crippen LogP contribution in [0.15, 0.2) is 70.3 Å². The minimum Gasteiger partial charge on any atom is -0.325 e. The van der Waals surface area contributed by atoms with Crippen molar-refractivity contribution in [3.63, 3.8) is 0 Å². The lowest BCUT2D eigenvalue weighted by atomic mass is 10.1. The van der Waals surface area contributed by atoms with Crippen LogP contribution in [0.2, 0.25) is 0 Å². The van der Waals surface area contributed by atoms with Gasteiger partial charge in [0.1, 0.15) is 0 Å². The number of thiophene rings is 1. The van der Waals surface area contributed by atoms with E-state index in [1.165, 1.54) is 5.56 Å². The van der Waals surface area contributed by atoms with Gasteiger partial charge in [0.15, 0.2) is 0 Å². The first-order chi connectivity index (χ1) is 11.7. The van der Waals surface area contributed by atoms with Crippen LogP contribution in [0.4, 0.5) is 5.69 Å². The van der Waals surface area contributed by atoms with Gasteiger partial charge < -0.3 is 5.32 Å². The van der Waals surface area contributed by atoms with Crippen LogP contribution in [-0.2, 0) is 17.0 Å². The molecule has 1 aromatic heterocycles. The smallest absolute Gasteiger partial charge is 0.228 e. The van der Waals surface area contributed by atoms with Crippen LogP contribution < -0.4 is 5.32 Å². The molecule has 0 atom stereocenters. The number of thioether (sulfide) groups is 1. The first kappa shape index (κ1) is 16.8. The summed E-state index contributed by atoms with van der Waals surface area (Å²) >= 11 is 3.46. The number of anilines is 1. The monoisotopic (exact) mass is 353 g/mol. The van der Waals surface area contributed by atoms with Gasteiger partial charge in [0.25, 0.3) is 0 Å². The summed E-state index contributed by atoms with van der Waals surface area (Å²) in [5, 5.41) is 7.31. The van der Waals surface area contributed by atoms with Crippen molar-refractivity contribution in [1.82, 2.24) is 0 Å². The molecule has 0 aliphatic carbocycles. The largest absolute Gasteiger partial charge is 0.325 e. The SMILES string of the molecule is Cc1ccccc1CC(=O)Nc1ccccc1SCc1ccsc1. The third-order valence-corrected chi connectivity index (χ3v) is 5.62. The van der Waals surface area contributed by atoms with Gasteiger partial charge in [-0.1, -0.05) is 36.4 Å². The van der Waals surface area contributed by atoms with Crippen LogP contribution in [0, 0.1) is 6.92 Å². The van der Waals surface area contributed by atoms with Crippen LogP contribution >= 0.6 is 23.1 Å². The van der Waals surface area contributed by atoms with E-state index < -0.39 is 0 Å². The Morgan fingerprint density at radius 1 is 1.08 bits per heavy atom. The second-order valence-corrected chi connectivity index (χ2v) is 7.37. The fourth-order valence-corrected chi connectivity index (χ4v) is 4.13. The summed E-state index contributed by atoms with van der Waals surface area (Å²) in [6, 6.07) is 18.1. The molecule has 0 aliphatic heterocycles. The van der Waals surface area contributed by atoms with Crippen LogP contribution in [0.3, 0.4) is 0 Å². The van der Waals surface area contributed by atoms with Crippen LogP contribution in [-0.4, -0.2) is 5.91 Å². The Balaban J connectivity index is 1.66. The lowest BCUT2D eigenvalue weighted by molar-refractivity contribution is -0.115. The number of carbonyl (C=O) groups is 1. The molecule has 1 amide bonds. The Kier molecular flexibility index (Phi) is 5.72. The molecule has 0 saturated carbocycles. The molecule has 2 aromatic carbocycles. The molecule has 0 unspecified atom stereocenters. The van der Waals surface area contributed by atoms with Gasteiger partial charge in [-0.05, 0) is 52.6 Å². The maximum Gasteiger partial charge on any atom is 0.228 e. The molecular formula is C20H19NOS2. The molecule has 0 bridgehead atoms. The standard InChI is InChI=1S/C20H19NOS2/c1-15-6-2-3-7-17(15)12-20(22)21-18-8-4-5-9-19(18)24-14-16-10-11-23-13-16/h2-11,13H,12,14H2,1H3,(H,21,22). The van der Waals surface area contributed by atoms with E-state index in [2.05, 4.69) is 28.2 Å². The Morgan fingerprint density at radius 2 is 1.88 bits per heavy atom. The summed E-state index contributed by atoms with van der Waals surface area (Å²) in [7, 11) is 0. The predicted octanol–water partition coefficient (Wildman–Crippen LogP) is 5.53. The van der Waals surface area contributed by atoms with Gasteiger partial charge in [0.2, 0.25) is 5.91 Å². The van der Waals surface area contributed by atoms with Gasteiger partial charge in [-0.25, -0.2) is 0 Å². The van der Waals surface area contributed by atoms with Crippen molar-refractivity contribution in [3.05, 3.63) is 82.0 Å². The third-order valence-electron chi connectivity index (χ3n) is 3.75. The molecule has 24 heavy (non-hydrogen) atoms. The molecule has 0 saturated heterocycles. The average molecular weight is 354 g/mol.